The van der Waals surface area contributed by atoms with Gasteiger partial charge in [0.25, 0.3) is 0 Å². The van der Waals surface area contributed by atoms with Crippen LogP contribution in [0.4, 0.5) is 4.39 Å². The summed E-state index contributed by atoms with van der Waals surface area (Å²) >= 11 is 0. The Kier molecular flexibility index (Phi) is 4.35. The van der Waals surface area contributed by atoms with Gasteiger partial charge >= 0.3 is 0 Å². The average Bonchev–Trinajstić information content (AvgIpc) is 2.73. The van der Waals surface area contributed by atoms with E-state index in [2.05, 4.69) is 4.90 Å². The SMILES string of the molecule is Cc1oc(CN)cc1CN(C)Cc1ccc(F)cc1. The normalized spacial score (nSPS) is 11.2. The number of hydrogen-bond donors (Lipinski definition) is 1. The molecule has 0 unspecified atom stereocenters. The highest BCUT2D eigenvalue weighted by atomic mass is 19.1. The average molecular weight is 262 g/mol. The Bertz CT molecular complexity index is 534. The summed E-state index contributed by atoms with van der Waals surface area (Å²) in [7, 11) is 2.03. The molecule has 1 aromatic carbocycles. The van der Waals surface area contributed by atoms with Gasteiger partial charge in [-0.1, -0.05) is 12.1 Å². The molecular formula is C15H19FN2O. The Balaban J connectivity index is 1.98. The number of furan rings is 1. The molecule has 0 radical (unpaired) electrons. The first-order valence-electron chi connectivity index (χ1n) is 6.29. The predicted octanol–water partition coefficient (Wildman–Crippen LogP) is 2.82. The van der Waals surface area contributed by atoms with E-state index in [1.54, 1.807) is 12.1 Å². The van der Waals surface area contributed by atoms with E-state index >= 15 is 0 Å². The van der Waals surface area contributed by atoms with Crippen LogP contribution in [0.25, 0.3) is 0 Å². The smallest absolute Gasteiger partial charge is 0.123 e. The minimum Gasteiger partial charge on any atom is -0.465 e. The summed E-state index contributed by atoms with van der Waals surface area (Å²) in [4.78, 5) is 2.16. The lowest BCUT2D eigenvalue weighted by molar-refractivity contribution is 0.316. The largest absolute Gasteiger partial charge is 0.465 e. The molecule has 0 bridgehead atoms. The molecule has 1 aromatic heterocycles. The topological polar surface area (TPSA) is 42.4 Å². The number of nitrogens with two attached hydrogens (primary N) is 1. The molecule has 1 heterocycles. The van der Waals surface area contributed by atoms with Gasteiger partial charge in [0.15, 0.2) is 0 Å². The molecule has 19 heavy (non-hydrogen) atoms. The zero-order valence-electron chi connectivity index (χ0n) is 11.3. The number of nitrogens with zero attached hydrogens (tertiary/aromatic N) is 1. The fraction of sp³-hybridized carbons (Fsp3) is 0.333. The summed E-state index contributed by atoms with van der Waals surface area (Å²) in [5.74, 6) is 1.51. The van der Waals surface area contributed by atoms with Crippen LogP contribution in [0.5, 0.6) is 0 Å². The van der Waals surface area contributed by atoms with Crippen molar-refractivity contribution in [1.82, 2.24) is 4.90 Å². The van der Waals surface area contributed by atoms with Crippen molar-refractivity contribution in [2.75, 3.05) is 7.05 Å². The second-order valence-electron chi connectivity index (χ2n) is 4.80. The van der Waals surface area contributed by atoms with Gasteiger partial charge < -0.3 is 10.2 Å². The quantitative estimate of drug-likeness (QED) is 0.901. The predicted molar refractivity (Wildman–Crippen MR) is 72.9 cm³/mol. The molecule has 3 nitrogen and oxygen atoms in total. The van der Waals surface area contributed by atoms with Crippen LogP contribution >= 0.6 is 0 Å². The van der Waals surface area contributed by atoms with Crippen molar-refractivity contribution in [2.45, 2.75) is 26.6 Å². The highest BCUT2D eigenvalue weighted by Gasteiger charge is 2.09. The molecule has 2 aromatic rings. The van der Waals surface area contributed by atoms with Crippen LogP contribution < -0.4 is 5.73 Å². The van der Waals surface area contributed by atoms with Gasteiger partial charge in [-0.25, -0.2) is 4.39 Å². The molecule has 0 saturated carbocycles. The minimum atomic E-state index is -0.204. The van der Waals surface area contributed by atoms with Crippen LogP contribution in [0, 0.1) is 12.7 Å². The van der Waals surface area contributed by atoms with E-state index in [9.17, 15) is 4.39 Å². The zero-order valence-corrected chi connectivity index (χ0v) is 11.3. The Morgan fingerprint density at radius 3 is 2.47 bits per heavy atom. The maximum atomic E-state index is 12.8. The van der Waals surface area contributed by atoms with E-state index < -0.39 is 0 Å². The van der Waals surface area contributed by atoms with Gasteiger partial charge in [0.2, 0.25) is 0 Å². The van der Waals surface area contributed by atoms with Crippen LogP contribution in [0.3, 0.4) is 0 Å². The number of aryl methyl sites for hydroxylation is 1. The van der Waals surface area contributed by atoms with Crippen LogP contribution in [0.1, 0.15) is 22.6 Å². The van der Waals surface area contributed by atoms with Crippen molar-refractivity contribution in [3.8, 4) is 0 Å². The molecule has 4 heteroatoms. The number of halogens is 1. The maximum Gasteiger partial charge on any atom is 0.123 e. The molecule has 0 fully saturated rings. The molecule has 0 aliphatic carbocycles. The third-order valence-corrected chi connectivity index (χ3v) is 3.08. The maximum absolute atomic E-state index is 12.8. The Hall–Kier alpha value is -1.65. The highest BCUT2D eigenvalue weighted by Crippen LogP contribution is 2.17. The molecule has 2 N–H and O–H groups in total. The van der Waals surface area contributed by atoms with E-state index in [1.807, 2.05) is 20.0 Å². The molecule has 0 amide bonds. The lowest BCUT2D eigenvalue weighted by atomic mass is 10.2. The standard InChI is InChI=1S/C15H19FN2O/c1-11-13(7-15(8-17)19-11)10-18(2)9-12-3-5-14(16)6-4-12/h3-7H,8-10,17H2,1-2H3. The molecular weight excluding hydrogens is 243 g/mol. The Labute approximate surface area is 112 Å². The van der Waals surface area contributed by atoms with Crippen molar-refractivity contribution >= 4 is 0 Å². The first-order valence-corrected chi connectivity index (χ1v) is 6.29. The molecule has 0 spiro atoms. The summed E-state index contributed by atoms with van der Waals surface area (Å²) in [6, 6.07) is 8.58. The lowest BCUT2D eigenvalue weighted by Crippen LogP contribution is -2.17. The minimum absolute atomic E-state index is 0.204. The van der Waals surface area contributed by atoms with Gasteiger partial charge in [-0.2, -0.15) is 0 Å². The molecule has 0 saturated heterocycles. The lowest BCUT2D eigenvalue weighted by Gasteiger charge is -2.16. The van der Waals surface area contributed by atoms with Crippen molar-refractivity contribution in [3.63, 3.8) is 0 Å². The second kappa shape index (κ2) is 5.99. The van der Waals surface area contributed by atoms with Gasteiger partial charge in [-0.05, 0) is 37.7 Å². The van der Waals surface area contributed by atoms with Crippen molar-refractivity contribution in [2.24, 2.45) is 5.73 Å². The summed E-state index contributed by atoms with van der Waals surface area (Å²) in [6.07, 6.45) is 0. The van der Waals surface area contributed by atoms with Crippen LogP contribution in [-0.4, -0.2) is 11.9 Å². The first kappa shape index (κ1) is 13.8. The summed E-state index contributed by atoms with van der Waals surface area (Å²) in [5, 5.41) is 0. The Morgan fingerprint density at radius 1 is 1.21 bits per heavy atom. The summed E-state index contributed by atoms with van der Waals surface area (Å²) in [5.41, 5.74) is 7.79. The fourth-order valence-corrected chi connectivity index (χ4v) is 2.09. The van der Waals surface area contributed by atoms with E-state index in [1.165, 1.54) is 12.1 Å². The van der Waals surface area contributed by atoms with E-state index in [0.717, 1.165) is 35.7 Å². The van der Waals surface area contributed by atoms with Crippen molar-refractivity contribution in [1.29, 1.82) is 0 Å². The van der Waals surface area contributed by atoms with Crippen LogP contribution in [0.2, 0.25) is 0 Å². The second-order valence-corrected chi connectivity index (χ2v) is 4.80. The van der Waals surface area contributed by atoms with Crippen LogP contribution in [-0.2, 0) is 19.6 Å². The molecule has 0 aliphatic rings. The molecule has 2 rings (SSSR count). The van der Waals surface area contributed by atoms with Gasteiger partial charge in [0.1, 0.15) is 17.3 Å². The number of benzene rings is 1. The van der Waals surface area contributed by atoms with Gasteiger partial charge in [-0.3, -0.25) is 4.90 Å². The van der Waals surface area contributed by atoms with Gasteiger partial charge in [0.05, 0.1) is 6.54 Å². The number of rotatable bonds is 5. The van der Waals surface area contributed by atoms with E-state index in [0.29, 0.717) is 6.54 Å². The molecule has 0 atom stereocenters. The van der Waals surface area contributed by atoms with Crippen molar-refractivity contribution in [3.05, 3.63) is 58.8 Å². The summed E-state index contributed by atoms with van der Waals surface area (Å²) < 4.78 is 18.4. The fourth-order valence-electron chi connectivity index (χ4n) is 2.09. The van der Waals surface area contributed by atoms with E-state index in [4.69, 9.17) is 10.2 Å². The Morgan fingerprint density at radius 2 is 1.89 bits per heavy atom. The molecule has 102 valence electrons. The number of hydrogen-bond acceptors (Lipinski definition) is 3. The first-order chi connectivity index (χ1) is 9.08. The summed E-state index contributed by atoms with van der Waals surface area (Å²) in [6.45, 7) is 3.91. The monoisotopic (exact) mass is 262 g/mol. The third kappa shape index (κ3) is 3.66. The zero-order chi connectivity index (χ0) is 13.8. The van der Waals surface area contributed by atoms with E-state index in [-0.39, 0.29) is 5.82 Å². The van der Waals surface area contributed by atoms with Crippen molar-refractivity contribution < 1.29 is 8.81 Å². The van der Waals surface area contributed by atoms with Gasteiger partial charge in [-0.15, -0.1) is 0 Å². The van der Waals surface area contributed by atoms with Crippen LogP contribution in [0.15, 0.2) is 34.7 Å². The highest BCUT2D eigenvalue weighted by molar-refractivity contribution is 5.21. The van der Waals surface area contributed by atoms with Gasteiger partial charge in [0, 0.05) is 18.7 Å². The third-order valence-electron chi connectivity index (χ3n) is 3.08. The molecule has 0 aliphatic heterocycles.